The van der Waals surface area contributed by atoms with E-state index in [1.54, 1.807) is 6.33 Å². The molecule has 0 bridgehead atoms. The molecule has 16 heavy (non-hydrogen) atoms. The zero-order chi connectivity index (χ0) is 11.7. The van der Waals surface area contributed by atoms with Crippen molar-refractivity contribution in [1.82, 2.24) is 14.8 Å². The van der Waals surface area contributed by atoms with Crippen molar-refractivity contribution in [2.45, 2.75) is 26.8 Å². The van der Waals surface area contributed by atoms with Crippen molar-refractivity contribution in [2.75, 3.05) is 0 Å². The van der Waals surface area contributed by atoms with E-state index in [1.165, 1.54) is 0 Å². The van der Waals surface area contributed by atoms with Crippen LogP contribution in [-0.4, -0.2) is 14.8 Å². The molecule has 3 nitrogen and oxygen atoms in total. The highest BCUT2D eigenvalue weighted by atomic mass is 35.5. The van der Waals surface area contributed by atoms with Crippen LogP contribution in [0.15, 0.2) is 24.5 Å². The normalized spacial score (nSPS) is 11.1. The Hall–Kier alpha value is -1.35. The van der Waals surface area contributed by atoms with E-state index < -0.39 is 0 Å². The van der Waals surface area contributed by atoms with E-state index >= 15 is 0 Å². The zero-order valence-electron chi connectivity index (χ0n) is 9.61. The standard InChI is InChI=1S/C12H14ClN3/c1-8(2)16-7-14-15-12(16)10-5-4-9(3)6-11(10)13/h4-8H,1-3H3. The third-order valence-electron chi connectivity index (χ3n) is 2.49. The van der Waals surface area contributed by atoms with Gasteiger partial charge in [0.05, 0.1) is 5.02 Å². The molecule has 0 atom stereocenters. The van der Waals surface area contributed by atoms with Gasteiger partial charge in [0, 0.05) is 11.6 Å². The van der Waals surface area contributed by atoms with Gasteiger partial charge in [0.2, 0.25) is 0 Å². The van der Waals surface area contributed by atoms with Gasteiger partial charge in [0.15, 0.2) is 5.82 Å². The molecule has 84 valence electrons. The number of hydrogen-bond acceptors (Lipinski definition) is 2. The molecule has 1 aromatic heterocycles. The molecule has 0 saturated carbocycles. The predicted molar refractivity (Wildman–Crippen MR) is 65.6 cm³/mol. The Balaban J connectivity index is 2.54. The summed E-state index contributed by atoms with van der Waals surface area (Å²) in [6, 6.07) is 6.28. The van der Waals surface area contributed by atoms with Crippen LogP contribution in [0.2, 0.25) is 5.02 Å². The molecule has 0 saturated heterocycles. The van der Waals surface area contributed by atoms with E-state index in [0.29, 0.717) is 6.04 Å². The molecule has 0 aliphatic rings. The lowest BCUT2D eigenvalue weighted by Crippen LogP contribution is -2.02. The summed E-state index contributed by atoms with van der Waals surface area (Å²) in [5, 5.41) is 8.78. The molecule has 0 aliphatic carbocycles. The highest BCUT2D eigenvalue weighted by molar-refractivity contribution is 6.33. The zero-order valence-corrected chi connectivity index (χ0v) is 10.4. The summed E-state index contributed by atoms with van der Waals surface area (Å²) in [5.74, 6) is 0.819. The summed E-state index contributed by atoms with van der Waals surface area (Å²) >= 11 is 6.22. The summed E-state index contributed by atoms with van der Waals surface area (Å²) in [6.45, 7) is 6.20. The Morgan fingerprint density at radius 2 is 2.06 bits per heavy atom. The Kier molecular flexibility index (Phi) is 2.97. The molecule has 1 heterocycles. The lowest BCUT2D eigenvalue weighted by atomic mass is 10.1. The summed E-state index contributed by atoms with van der Waals surface area (Å²) in [6.07, 6.45) is 1.73. The van der Waals surface area contributed by atoms with E-state index in [9.17, 15) is 0 Å². The summed E-state index contributed by atoms with van der Waals surface area (Å²) in [4.78, 5) is 0. The second kappa shape index (κ2) is 4.26. The van der Waals surface area contributed by atoms with Gasteiger partial charge >= 0.3 is 0 Å². The van der Waals surface area contributed by atoms with Crippen LogP contribution in [-0.2, 0) is 0 Å². The van der Waals surface area contributed by atoms with E-state index in [1.807, 2.05) is 29.7 Å². The first-order valence-electron chi connectivity index (χ1n) is 5.25. The third-order valence-corrected chi connectivity index (χ3v) is 2.81. The molecule has 0 unspecified atom stereocenters. The van der Waals surface area contributed by atoms with Crippen molar-refractivity contribution < 1.29 is 0 Å². The predicted octanol–water partition coefficient (Wildman–Crippen LogP) is 3.49. The maximum absolute atomic E-state index is 6.22. The minimum absolute atomic E-state index is 0.322. The monoisotopic (exact) mass is 235 g/mol. The third kappa shape index (κ3) is 1.95. The first-order valence-corrected chi connectivity index (χ1v) is 5.63. The van der Waals surface area contributed by atoms with Crippen molar-refractivity contribution >= 4 is 11.6 Å². The van der Waals surface area contributed by atoms with Crippen molar-refractivity contribution in [1.29, 1.82) is 0 Å². The molecular formula is C12H14ClN3. The van der Waals surface area contributed by atoms with Gasteiger partial charge in [0.25, 0.3) is 0 Å². The van der Waals surface area contributed by atoms with Gasteiger partial charge in [-0.15, -0.1) is 10.2 Å². The highest BCUT2D eigenvalue weighted by Gasteiger charge is 2.12. The van der Waals surface area contributed by atoms with E-state index in [2.05, 4.69) is 24.0 Å². The molecule has 0 spiro atoms. The second-order valence-corrected chi connectivity index (χ2v) is 4.55. The smallest absolute Gasteiger partial charge is 0.165 e. The van der Waals surface area contributed by atoms with Crippen LogP contribution in [0.3, 0.4) is 0 Å². The number of benzene rings is 1. The van der Waals surface area contributed by atoms with Gasteiger partial charge in [0.1, 0.15) is 6.33 Å². The van der Waals surface area contributed by atoms with Crippen molar-refractivity contribution in [3.8, 4) is 11.4 Å². The molecule has 0 radical (unpaired) electrons. The molecule has 4 heteroatoms. The number of hydrogen-bond donors (Lipinski definition) is 0. The lowest BCUT2D eigenvalue weighted by molar-refractivity contribution is 0.604. The fourth-order valence-electron chi connectivity index (χ4n) is 1.61. The van der Waals surface area contributed by atoms with Crippen LogP contribution in [0.1, 0.15) is 25.5 Å². The van der Waals surface area contributed by atoms with Crippen LogP contribution in [0.25, 0.3) is 11.4 Å². The minimum atomic E-state index is 0.322. The van der Waals surface area contributed by atoms with Gasteiger partial charge < -0.3 is 4.57 Å². The van der Waals surface area contributed by atoms with E-state index in [-0.39, 0.29) is 0 Å². The first kappa shape index (κ1) is 11.1. The molecule has 0 fully saturated rings. The van der Waals surface area contributed by atoms with E-state index in [4.69, 9.17) is 11.6 Å². The molecule has 2 aromatic rings. The molecular weight excluding hydrogens is 222 g/mol. The fourth-order valence-corrected chi connectivity index (χ4v) is 1.93. The number of rotatable bonds is 2. The van der Waals surface area contributed by atoms with E-state index in [0.717, 1.165) is 22.0 Å². The average Bonchev–Trinajstić information content (AvgIpc) is 2.66. The summed E-state index contributed by atoms with van der Waals surface area (Å²) < 4.78 is 2.01. The van der Waals surface area contributed by atoms with Crippen LogP contribution in [0.5, 0.6) is 0 Å². The Morgan fingerprint density at radius 1 is 1.31 bits per heavy atom. The van der Waals surface area contributed by atoms with Gasteiger partial charge in [-0.25, -0.2) is 0 Å². The Bertz CT molecular complexity index is 503. The summed E-state index contributed by atoms with van der Waals surface area (Å²) in [7, 11) is 0. The average molecular weight is 236 g/mol. The maximum Gasteiger partial charge on any atom is 0.165 e. The maximum atomic E-state index is 6.22. The molecule has 1 aromatic carbocycles. The lowest BCUT2D eigenvalue weighted by Gasteiger charge is -2.11. The fraction of sp³-hybridized carbons (Fsp3) is 0.333. The molecule has 0 amide bonds. The van der Waals surface area contributed by atoms with Crippen LogP contribution < -0.4 is 0 Å². The Morgan fingerprint density at radius 3 is 2.69 bits per heavy atom. The van der Waals surface area contributed by atoms with Crippen LogP contribution >= 0.6 is 11.6 Å². The van der Waals surface area contributed by atoms with Crippen molar-refractivity contribution in [3.63, 3.8) is 0 Å². The number of aromatic nitrogens is 3. The number of halogens is 1. The van der Waals surface area contributed by atoms with Crippen molar-refractivity contribution in [3.05, 3.63) is 35.1 Å². The number of aryl methyl sites for hydroxylation is 1. The minimum Gasteiger partial charge on any atom is -0.311 e. The Labute approximate surface area is 100 Å². The van der Waals surface area contributed by atoms with Gasteiger partial charge in [-0.05, 0) is 38.5 Å². The molecule has 2 rings (SSSR count). The first-order chi connectivity index (χ1) is 7.59. The van der Waals surface area contributed by atoms with Crippen LogP contribution in [0.4, 0.5) is 0 Å². The van der Waals surface area contributed by atoms with Crippen molar-refractivity contribution in [2.24, 2.45) is 0 Å². The van der Waals surface area contributed by atoms with Gasteiger partial charge in [-0.2, -0.15) is 0 Å². The quantitative estimate of drug-likeness (QED) is 0.798. The number of nitrogens with zero attached hydrogens (tertiary/aromatic N) is 3. The largest absolute Gasteiger partial charge is 0.311 e. The van der Waals surface area contributed by atoms with Crippen LogP contribution in [0, 0.1) is 6.92 Å². The second-order valence-electron chi connectivity index (χ2n) is 4.14. The summed E-state index contributed by atoms with van der Waals surface area (Å²) in [5.41, 5.74) is 2.07. The van der Waals surface area contributed by atoms with Gasteiger partial charge in [-0.3, -0.25) is 0 Å². The molecule has 0 aliphatic heterocycles. The topological polar surface area (TPSA) is 30.7 Å². The highest BCUT2D eigenvalue weighted by Crippen LogP contribution is 2.28. The SMILES string of the molecule is Cc1ccc(-c2nncn2C(C)C)c(Cl)c1. The van der Waals surface area contributed by atoms with Gasteiger partial charge in [-0.1, -0.05) is 17.7 Å². The molecule has 0 N–H and O–H groups in total.